The van der Waals surface area contributed by atoms with Crippen LogP contribution in [0, 0.1) is 13.8 Å². The van der Waals surface area contributed by atoms with Crippen molar-refractivity contribution in [3.8, 4) is 0 Å². The van der Waals surface area contributed by atoms with Gasteiger partial charge in [-0.3, -0.25) is 9.59 Å². The molecular weight excluding hydrogens is 240 g/mol. The highest BCUT2D eigenvalue weighted by atomic mass is 16.2. The lowest BCUT2D eigenvalue weighted by molar-refractivity contribution is -0.122. The minimum atomic E-state index is -0.527. The average molecular weight is 262 g/mol. The predicted octanol–water partition coefficient (Wildman–Crippen LogP) is 1.95. The molecule has 2 amide bonds. The van der Waals surface area contributed by atoms with Crippen LogP contribution >= 0.6 is 0 Å². The maximum atomic E-state index is 12.0. The summed E-state index contributed by atoms with van der Waals surface area (Å²) in [7, 11) is 0. The summed E-state index contributed by atoms with van der Waals surface area (Å²) in [5, 5.41) is 5.46. The van der Waals surface area contributed by atoms with E-state index in [1.165, 1.54) is 0 Å². The van der Waals surface area contributed by atoms with Crippen LogP contribution in [-0.4, -0.2) is 24.4 Å². The first-order chi connectivity index (χ1) is 8.95. The van der Waals surface area contributed by atoms with E-state index >= 15 is 0 Å². The molecule has 2 N–H and O–H groups in total. The van der Waals surface area contributed by atoms with Gasteiger partial charge in [0.25, 0.3) is 5.91 Å². The van der Waals surface area contributed by atoms with Crippen LogP contribution in [0.2, 0.25) is 0 Å². The van der Waals surface area contributed by atoms with Gasteiger partial charge in [0, 0.05) is 12.1 Å². The van der Waals surface area contributed by atoms with E-state index < -0.39 is 6.04 Å². The van der Waals surface area contributed by atoms with Crippen LogP contribution in [0.4, 0.5) is 0 Å². The van der Waals surface area contributed by atoms with Gasteiger partial charge in [-0.25, -0.2) is 0 Å². The fraction of sp³-hybridized carbons (Fsp3) is 0.467. The summed E-state index contributed by atoms with van der Waals surface area (Å²) in [5.74, 6) is -0.374. The highest BCUT2D eigenvalue weighted by Crippen LogP contribution is 2.09. The maximum absolute atomic E-state index is 12.0. The Labute approximate surface area is 114 Å². The lowest BCUT2D eigenvalue weighted by Crippen LogP contribution is -2.45. The van der Waals surface area contributed by atoms with Gasteiger partial charge in [-0.2, -0.15) is 0 Å². The molecule has 4 heteroatoms. The minimum absolute atomic E-state index is 0.154. The van der Waals surface area contributed by atoms with Gasteiger partial charge in [-0.1, -0.05) is 13.0 Å². The van der Waals surface area contributed by atoms with Crippen LogP contribution in [0.25, 0.3) is 0 Å². The number of hydrogen-bond acceptors (Lipinski definition) is 2. The Morgan fingerprint density at radius 3 is 2.47 bits per heavy atom. The van der Waals surface area contributed by atoms with Crippen molar-refractivity contribution < 1.29 is 9.59 Å². The second-order valence-electron chi connectivity index (χ2n) is 4.79. The zero-order valence-corrected chi connectivity index (χ0v) is 12.0. The summed E-state index contributed by atoms with van der Waals surface area (Å²) < 4.78 is 0. The summed E-state index contributed by atoms with van der Waals surface area (Å²) in [5.41, 5.74) is 2.79. The molecule has 1 atom stereocenters. The first-order valence-corrected chi connectivity index (χ1v) is 6.61. The number of nitrogens with one attached hydrogen (secondary N) is 2. The van der Waals surface area contributed by atoms with Crippen LogP contribution in [0.15, 0.2) is 18.2 Å². The van der Waals surface area contributed by atoms with Gasteiger partial charge < -0.3 is 10.6 Å². The van der Waals surface area contributed by atoms with Crippen molar-refractivity contribution in [2.45, 2.75) is 40.2 Å². The highest BCUT2D eigenvalue weighted by Gasteiger charge is 2.16. The van der Waals surface area contributed by atoms with E-state index in [1.54, 1.807) is 13.0 Å². The number of carbonyl (C=O) groups excluding carboxylic acids is 2. The van der Waals surface area contributed by atoms with Gasteiger partial charge in [0.05, 0.1) is 0 Å². The van der Waals surface area contributed by atoms with E-state index in [-0.39, 0.29) is 11.8 Å². The van der Waals surface area contributed by atoms with Crippen LogP contribution in [0.3, 0.4) is 0 Å². The van der Waals surface area contributed by atoms with Crippen molar-refractivity contribution in [1.82, 2.24) is 10.6 Å². The van der Waals surface area contributed by atoms with E-state index in [2.05, 4.69) is 10.6 Å². The standard InChI is InChI=1S/C15H22N2O2/c1-5-8-16-14(18)12(4)17-15(19)13-7-6-10(2)11(3)9-13/h6-7,9,12H,5,8H2,1-4H3,(H,16,18)(H,17,19)/t12-/m1/s1. The maximum Gasteiger partial charge on any atom is 0.251 e. The molecule has 0 radical (unpaired) electrons. The number of carbonyl (C=O) groups is 2. The Bertz CT molecular complexity index is 469. The quantitative estimate of drug-likeness (QED) is 0.852. The van der Waals surface area contributed by atoms with Crippen LogP contribution in [-0.2, 0) is 4.79 Å². The van der Waals surface area contributed by atoms with Crippen LogP contribution < -0.4 is 10.6 Å². The van der Waals surface area contributed by atoms with Gasteiger partial charge in [0.15, 0.2) is 0 Å². The largest absolute Gasteiger partial charge is 0.354 e. The fourth-order valence-electron chi connectivity index (χ4n) is 1.63. The number of aryl methyl sites for hydroxylation is 2. The van der Waals surface area contributed by atoms with E-state index in [0.29, 0.717) is 12.1 Å². The highest BCUT2D eigenvalue weighted by molar-refractivity contribution is 5.97. The Balaban J connectivity index is 2.63. The third kappa shape index (κ3) is 4.39. The molecule has 4 nitrogen and oxygen atoms in total. The monoisotopic (exact) mass is 262 g/mol. The first-order valence-electron chi connectivity index (χ1n) is 6.61. The molecule has 0 aliphatic carbocycles. The smallest absolute Gasteiger partial charge is 0.251 e. The molecule has 0 bridgehead atoms. The second-order valence-corrected chi connectivity index (χ2v) is 4.79. The van der Waals surface area contributed by atoms with Gasteiger partial charge in [0.2, 0.25) is 5.91 Å². The van der Waals surface area contributed by atoms with Crippen molar-refractivity contribution >= 4 is 11.8 Å². The molecule has 0 saturated heterocycles. The zero-order chi connectivity index (χ0) is 14.4. The summed E-state index contributed by atoms with van der Waals surface area (Å²) in [6, 6.07) is 4.99. The summed E-state index contributed by atoms with van der Waals surface area (Å²) >= 11 is 0. The molecule has 0 aliphatic heterocycles. The molecular formula is C15H22N2O2. The van der Waals surface area contributed by atoms with E-state index in [1.807, 2.05) is 32.9 Å². The molecule has 0 aliphatic rings. The minimum Gasteiger partial charge on any atom is -0.354 e. The van der Waals surface area contributed by atoms with E-state index in [4.69, 9.17) is 0 Å². The first kappa shape index (κ1) is 15.2. The second kappa shape index (κ2) is 6.92. The summed E-state index contributed by atoms with van der Waals surface area (Å²) in [4.78, 5) is 23.7. The molecule has 0 fully saturated rings. The fourth-order valence-corrected chi connectivity index (χ4v) is 1.63. The van der Waals surface area contributed by atoms with Gasteiger partial charge in [0.1, 0.15) is 6.04 Å². The van der Waals surface area contributed by atoms with Crippen LogP contribution in [0.5, 0.6) is 0 Å². The molecule has 0 heterocycles. The van der Waals surface area contributed by atoms with E-state index in [0.717, 1.165) is 17.5 Å². The number of hydrogen-bond donors (Lipinski definition) is 2. The predicted molar refractivity (Wildman–Crippen MR) is 76.1 cm³/mol. The van der Waals surface area contributed by atoms with Crippen molar-refractivity contribution in [2.75, 3.05) is 6.54 Å². The van der Waals surface area contributed by atoms with E-state index in [9.17, 15) is 9.59 Å². The Morgan fingerprint density at radius 2 is 1.89 bits per heavy atom. The molecule has 0 aromatic heterocycles. The van der Waals surface area contributed by atoms with Crippen LogP contribution in [0.1, 0.15) is 41.8 Å². The topological polar surface area (TPSA) is 58.2 Å². The SMILES string of the molecule is CCCNC(=O)[C@@H](C)NC(=O)c1ccc(C)c(C)c1. The molecule has 0 saturated carbocycles. The Morgan fingerprint density at radius 1 is 1.21 bits per heavy atom. The Hall–Kier alpha value is -1.84. The summed E-state index contributed by atoms with van der Waals surface area (Å²) in [6.45, 7) is 8.26. The third-order valence-corrected chi connectivity index (χ3v) is 3.06. The van der Waals surface area contributed by atoms with Crippen molar-refractivity contribution in [1.29, 1.82) is 0 Å². The van der Waals surface area contributed by atoms with Crippen molar-refractivity contribution in [3.63, 3.8) is 0 Å². The normalized spacial score (nSPS) is 11.8. The van der Waals surface area contributed by atoms with Crippen molar-refractivity contribution in [2.24, 2.45) is 0 Å². The number of rotatable bonds is 5. The van der Waals surface area contributed by atoms with Gasteiger partial charge in [-0.15, -0.1) is 0 Å². The molecule has 1 rings (SSSR count). The molecule has 0 spiro atoms. The molecule has 1 aromatic rings. The molecule has 104 valence electrons. The Kier molecular flexibility index (Phi) is 5.55. The molecule has 1 aromatic carbocycles. The van der Waals surface area contributed by atoms with Crippen molar-refractivity contribution in [3.05, 3.63) is 34.9 Å². The van der Waals surface area contributed by atoms with Gasteiger partial charge in [-0.05, 0) is 50.5 Å². The number of amides is 2. The summed E-state index contributed by atoms with van der Waals surface area (Å²) in [6.07, 6.45) is 0.879. The zero-order valence-electron chi connectivity index (χ0n) is 12.0. The molecule has 19 heavy (non-hydrogen) atoms. The average Bonchev–Trinajstić information content (AvgIpc) is 2.38. The lowest BCUT2D eigenvalue weighted by atomic mass is 10.1. The lowest BCUT2D eigenvalue weighted by Gasteiger charge is -2.14. The molecule has 0 unspecified atom stereocenters. The number of benzene rings is 1. The van der Waals surface area contributed by atoms with Gasteiger partial charge >= 0.3 is 0 Å². The third-order valence-electron chi connectivity index (χ3n) is 3.06.